The van der Waals surface area contributed by atoms with Crippen LogP contribution in [0.3, 0.4) is 0 Å². The van der Waals surface area contributed by atoms with Crippen molar-refractivity contribution < 1.29 is 17.9 Å². The molecule has 0 aromatic rings. The molecule has 102 valence electrons. The first-order valence-corrected chi connectivity index (χ1v) is 8.26. The van der Waals surface area contributed by atoms with Crippen LogP contribution in [-0.4, -0.2) is 46.4 Å². The van der Waals surface area contributed by atoms with Crippen molar-refractivity contribution >= 4 is 9.84 Å². The summed E-state index contributed by atoms with van der Waals surface area (Å²) in [5.41, 5.74) is -0.213. The van der Waals surface area contributed by atoms with Crippen LogP contribution in [0.5, 0.6) is 0 Å². The van der Waals surface area contributed by atoms with Crippen molar-refractivity contribution in [3.63, 3.8) is 0 Å². The lowest BCUT2D eigenvalue weighted by Gasteiger charge is -2.41. The molecule has 1 aliphatic carbocycles. The smallest absolute Gasteiger partial charge is 0.149 e. The molecule has 2 atom stereocenters. The van der Waals surface area contributed by atoms with Crippen LogP contribution in [-0.2, 0) is 19.3 Å². The number of sulfone groups is 1. The van der Waals surface area contributed by atoms with Crippen molar-refractivity contribution in [2.45, 2.75) is 38.2 Å². The van der Waals surface area contributed by atoms with Gasteiger partial charge in [-0.15, -0.1) is 0 Å². The van der Waals surface area contributed by atoms with Gasteiger partial charge >= 0.3 is 0 Å². The Labute approximate surface area is 105 Å². The summed E-state index contributed by atoms with van der Waals surface area (Å²) >= 11 is 0. The zero-order valence-corrected chi connectivity index (χ0v) is 11.9. The Kier molecular flexibility index (Phi) is 5.41. The molecule has 2 unspecified atom stereocenters. The largest absolute Gasteiger partial charge is 0.377 e. The minimum absolute atomic E-state index is 0.0845. The number of rotatable bonds is 6. The quantitative estimate of drug-likeness (QED) is 0.684. The topological polar surface area (TPSA) is 52.6 Å². The molecule has 5 heteroatoms. The average molecular weight is 264 g/mol. The van der Waals surface area contributed by atoms with E-state index in [0.717, 1.165) is 19.3 Å². The van der Waals surface area contributed by atoms with Crippen molar-refractivity contribution in [2.75, 3.05) is 32.3 Å². The molecule has 1 aliphatic rings. The van der Waals surface area contributed by atoms with Gasteiger partial charge in [-0.05, 0) is 18.8 Å². The average Bonchev–Trinajstić information content (AvgIpc) is 2.26. The van der Waals surface area contributed by atoms with Gasteiger partial charge in [-0.1, -0.05) is 19.8 Å². The maximum Gasteiger partial charge on any atom is 0.149 e. The Balaban J connectivity index is 2.41. The summed E-state index contributed by atoms with van der Waals surface area (Å²) in [6.07, 6.45) is 5.79. The molecule has 4 nitrogen and oxygen atoms in total. The maximum absolute atomic E-state index is 11.0. The molecule has 0 amide bonds. The lowest BCUT2D eigenvalue weighted by atomic mass is 9.77. The molecule has 17 heavy (non-hydrogen) atoms. The second-order valence-corrected chi connectivity index (χ2v) is 7.36. The second-order valence-electron chi connectivity index (χ2n) is 5.10. The van der Waals surface area contributed by atoms with Gasteiger partial charge in [0.05, 0.1) is 24.6 Å². The Hall–Kier alpha value is -0.130. The van der Waals surface area contributed by atoms with Crippen LogP contribution in [0, 0.1) is 5.92 Å². The molecule has 0 aromatic heterocycles. The first-order valence-electron chi connectivity index (χ1n) is 6.20. The van der Waals surface area contributed by atoms with Crippen LogP contribution in [0.4, 0.5) is 0 Å². The normalized spacial score (nSPS) is 30.4. The zero-order valence-electron chi connectivity index (χ0n) is 11.1. The SMILES string of the molecule is COC1(COCCS(C)(=O)=O)CCCCC1C. The highest BCUT2D eigenvalue weighted by atomic mass is 32.2. The minimum atomic E-state index is -2.93. The molecule has 1 rings (SSSR count). The van der Waals surface area contributed by atoms with Crippen LogP contribution in [0.25, 0.3) is 0 Å². The lowest BCUT2D eigenvalue weighted by molar-refractivity contribution is -0.123. The van der Waals surface area contributed by atoms with Gasteiger partial charge in [0, 0.05) is 13.4 Å². The molecule has 0 bridgehead atoms. The van der Waals surface area contributed by atoms with E-state index in [1.807, 2.05) is 0 Å². The van der Waals surface area contributed by atoms with Crippen molar-refractivity contribution in [1.29, 1.82) is 0 Å². The van der Waals surface area contributed by atoms with Crippen LogP contribution in [0.1, 0.15) is 32.6 Å². The summed E-state index contributed by atoms with van der Waals surface area (Å²) < 4.78 is 33.1. The van der Waals surface area contributed by atoms with Gasteiger partial charge in [-0.2, -0.15) is 0 Å². The third-order valence-corrected chi connectivity index (χ3v) is 4.64. The predicted octanol–water partition coefficient (Wildman–Crippen LogP) is 1.64. The molecule has 0 spiro atoms. The van der Waals surface area contributed by atoms with E-state index in [1.165, 1.54) is 12.7 Å². The Morgan fingerprint density at radius 2 is 2.06 bits per heavy atom. The number of ether oxygens (including phenoxy) is 2. The Bertz CT molecular complexity index is 325. The molecule has 0 N–H and O–H groups in total. The van der Waals surface area contributed by atoms with E-state index in [2.05, 4.69) is 6.92 Å². The first kappa shape index (κ1) is 14.9. The molecular weight excluding hydrogens is 240 g/mol. The van der Waals surface area contributed by atoms with Gasteiger partial charge in [0.25, 0.3) is 0 Å². The molecule has 0 aliphatic heterocycles. The van der Waals surface area contributed by atoms with E-state index in [1.54, 1.807) is 7.11 Å². The molecule has 0 heterocycles. The van der Waals surface area contributed by atoms with Crippen LogP contribution < -0.4 is 0 Å². The highest BCUT2D eigenvalue weighted by molar-refractivity contribution is 7.90. The van der Waals surface area contributed by atoms with Gasteiger partial charge in [0.1, 0.15) is 9.84 Å². The number of methoxy groups -OCH3 is 1. The highest BCUT2D eigenvalue weighted by Gasteiger charge is 2.38. The van der Waals surface area contributed by atoms with E-state index < -0.39 is 9.84 Å². The summed E-state index contributed by atoms with van der Waals surface area (Å²) in [5, 5.41) is 0. The van der Waals surface area contributed by atoms with Gasteiger partial charge in [-0.3, -0.25) is 0 Å². The van der Waals surface area contributed by atoms with Crippen LogP contribution in [0.2, 0.25) is 0 Å². The predicted molar refractivity (Wildman–Crippen MR) is 67.9 cm³/mol. The third-order valence-electron chi connectivity index (χ3n) is 3.74. The van der Waals surface area contributed by atoms with Crippen molar-refractivity contribution in [3.8, 4) is 0 Å². The Morgan fingerprint density at radius 1 is 1.35 bits per heavy atom. The molecule has 1 saturated carbocycles. The summed E-state index contributed by atoms with van der Waals surface area (Å²) in [5.74, 6) is 0.556. The summed E-state index contributed by atoms with van der Waals surface area (Å²) in [6, 6.07) is 0. The summed E-state index contributed by atoms with van der Waals surface area (Å²) in [4.78, 5) is 0. The van der Waals surface area contributed by atoms with Gasteiger partial charge in [0.15, 0.2) is 0 Å². The van der Waals surface area contributed by atoms with Crippen molar-refractivity contribution in [2.24, 2.45) is 5.92 Å². The molecule has 1 fully saturated rings. The van der Waals surface area contributed by atoms with Gasteiger partial charge in [0.2, 0.25) is 0 Å². The zero-order chi connectivity index (χ0) is 12.9. The minimum Gasteiger partial charge on any atom is -0.377 e. The number of hydrogen-bond acceptors (Lipinski definition) is 4. The van der Waals surface area contributed by atoms with E-state index in [9.17, 15) is 8.42 Å². The van der Waals surface area contributed by atoms with Crippen molar-refractivity contribution in [1.82, 2.24) is 0 Å². The molecule has 0 aromatic carbocycles. The number of hydrogen-bond donors (Lipinski definition) is 0. The third kappa shape index (κ3) is 4.56. The molecular formula is C12H24O4S. The van der Waals surface area contributed by atoms with E-state index in [4.69, 9.17) is 9.47 Å². The second kappa shape index (κ2) is 6.16. The van der Waals surface area contributed by atoms with E-state index in [0.29, 0.717) is 12.5 Å². The van der Waals surface area contributed by atoms with Crippen molar-refractivity contribution in [3.05, 3.63) is 0 Å². The lowest BCUT2D eigenvalue weighted by Crippen LogP contribution is -2.45. The van der Waals surface area contributed by atoms with Crippen LogP contribution >= 0.6 is 0 Å². The fourth-order valence-corrected chi connectivity index (χ4v) is 2.84. The van der Waals surface area contributed by atoms with Gasteiger partial charge in [-0.25, -0.2) is 8.42 Å². The monoisotopic (exact) mass is 264 g/mol. The Morgan fingerprint density at radius 3 is 2.59 bits per heavy atom. The van der Waals surface area contributed by atoms with Crippen LogP contribution in [0.15, 0.2) is 0 Å². The summed E-state index contributed by atoms with van der Waals surface area (Å²) in [7, 11) is -1.21. The standard InChI is InChI=1S/C12H24O4S/c1-11-6-4-5-7-12(11,15-2)10-16-8-9-17(3,13)14/h11H,4-10H2,1-3H3. The fraction of sp³-hybridized carbons (Fsp3) is 1.00. The first-order chi connectivity index (χ1) is 7.90. The van der Waals surface area contributed by atoms with E-state index >= 15 is 0 Å². The van der Waals surface area contributed by atoms with Gasteiger partial charge < -0.3 is 9.47 Å². The molecule has 0 saturated heterocycles. The fourth-order valence-electron chi connectivity index (χ4n) is 2.42. The molecule has 0 radical (unpaired) electrons. The maximum atomic E-state index is 11.0. The van der Waals surface area contributed by atoms with E-state index in [-0.39, 0.29) is 18.0 Å². The highest BCUT2D eigenvalue weighted by Crippen LogP contribution is 2.36. The summed E-state index contributed by atoms with van der Waals surface area (Å²) in [6.45, 7) is 2.94.